The van der Waals surface area contributed by atoms with Gasteiger partial charge in [0.25, 0.3) is 0 Å². The van der Waals surface area contributed by atoms with Gasteiger partial charge in [0.1, 0.15) is 0 Å². The van der Waals surface area contributed by atoms with E-state index in [-0.39, 0.29) is 5.92 Å². The van der Waals surface area contributed by atoms with E-state index in [1.54, 1.807) is 0 Å². The van der Waals surface area contributed by atoms with E-state index >= 15 is 0 Å². The van der Waals surface area contributed by atoms with Gasteiger partial charge in [-0.2, -0.15) is 0 Å². The summed E-state index contributed by atoms with van der Waals surface area (Å²) in [6.07, 6.45) is 1.77. The zero-order valence-electron chi connectivity index (χ0n) is 5.72. The van der Waals surface area contributed by atoms with Crippen molar-refractivity contribution in [1.82, 2.24) is 0 Å². The molecule has 0 aromatic heterocycles. The van der Waals surface area contributed by atoms with Crippen LogP contribution < -0.4 is 0 Å². The average Bonchev–Trinajstić information content (AvgIpc) is 1.86. The quantitative estimate of drug-likeness (QED) is 0.569. The molecular weight excluding hydrogens is 172 g/mol. The number of alkyl halides is 1. The van der Waals surface area contributed by atoms with Crippen molar-refractivity contribution in [3.05, 3.63) is 0 Å². The van der Waals surface area contributed by atoms with E-state index in [0.29, 0.717) is 17.4 Å². The lowest BCUT2D eigenvalue weighted by molar-refractivity contribution is 0.519. The fraction of sp³-hybridized carbons (Fsp3) is 1.00. The lowest BCUT2D eigenvalue weighted by Gasteiger charge is -2.18. The van der Waals surface area contributed by atoms with Gasteiger partial charge in [0, 0.05) is 5.88 Å². The Morgan fingerprint density at radius 1 is 1.50 bits per heavy atom. The molecule has 1 saturated heterocycles. The number of sulfone groups is 1. The van der Waals surface area contributed by atoms with Crippen LogP contribution in [-0.4, -0.2) is 25.8 Å². The summed E-state index contributed by atoms with van der Waals surface area (Å²) in [5.74, 6) is 1.36. The normalized spacial score (nSPS) is 31.9. The second kappa shape index (κ2) is 3.09. The molecule has 2 nitrogen and oxygen atoms in total. The highest BCUT2D eigenvalue weighted by Gasteiger charge is 2.23. The van der Waals surface area contributed by atoms with Crippen molar-refractivity contribution in [3.8, 4) is 0 Å². The van der Waals surface area contributed by atoms with Crippen LogP contribution in [-0.2, 0) is 9.84 Å². The molecule has 0 radical (unpaired) electrons. The fourth-order valence-corrected chi connectivity index (χ4v) is 3.41. The minimum atomic E-state index is -2.73. The Kier molecular flexibility index (Phi) is 2.58. The first-order valence-electron chi connectivity index (χ1n) is 3.40. The lowest BCUT2D eigenvalue weighted by Crippen LogP contribution is -2.25. The molecule has 1 fully saturated rings. The first-order chi connectivity index (χ1) is 4.64. The molecule has 1 aliphatic rings. The number of rotatable bonds is 1. The van der Waals surface area contributed by atoms with Crippen LogP contribution >= 0.6 is 11.6 Å². The molecule has 1 heterocycles. The monoisotopic (exact) mass is 182 g/mol. The van der Waals surface area contributed by atoms with Crippen LogP contribution in [0.2, 0.25) is 0 Å². The van der Waals surface area contributed by atoms with Gasteiger partial charge < -0.3 is 0 Å². The SMILES string of the molecule is O=S1(=O)CCCC(CCl)C1. The molecule has 1 unspecified atom stereocenters. The van der Waals surface area contributed by atoms with E-state index in [1.807, 2.05) is 0 Å². The summed E-state index contributed by atoms with van der Waals surface area (Å²) < 4.78 is 21.9. The smallest absolute Gasteiger partial charge is 0.150 e. The highest BCUT2D eigenvalue weighted by molar-refractivity contribution is 7.91. The number of hydrogen-bond donors (Lipinski definition) is 0. The second-order valence-electron chi connectivity index (χ2n) is 2.78. The van der Waals surface area contributed by atoms with Crippen molar-refractivity contribution >= 4 is 21.4 Å². The van der Waals surface area contributed by atoms with Crippen LogP contribution in [0.25, 0.3) is 0 Å². The molecule has 1 rings (SSSR count). The van der Waals surface area contributed by atoms with E-state index in [0.717, 1.165) is 12.8 Å². The Labute approximate surface area is 66.5 Å². The largest absolute Gasteiger partial charge is 0.229 e. The molecule has 4 heteroatoms. The fourth-order valence-electron chi connectivity index (χ4n) is 1.24. The Morgan fingerprint density at radius 2 is 2.20 bits per heavy atom. The van der Waals surface area contributed by atoms with Crippen molar-refractivity contribution < 1.29 is 8.42 Å². The van der Waals surface area contributed by atoms with Gasteiger partial charge in [0.05, 0.1) is 11.5 Å². The zero-order valence-corrected chi connectivity index (χ0v) is 7.29. The summed E-state index contributed by atoms with van der Waals surface area (Å²) in [5, 5.41) is 0. The predicted molar refractivity (Wildman–Crippen MR) is 42.1 cm³/mol. The van der Waals surface area contributed by atoms with Gasteiger partial charge >= 0.3 is 0 Å². The van der Waals surface area contributed by atoms with E-state index in [2.05, 4.69) is 0 Å². The van der Waals surface area contributed by atoms with E-state index in [9.17, 15) is 8.42 Å². The van der Waals surface area contributed by atoms with Gasteiger partial charge in [-0.25, -0.2) is 8.42 Å². The highest BCUT2D eigenvalue weighted by Crippen LogP contribution is 2.18. The number of halogens is 1. The summed E-state index contributed by atoms with van der Waals surface area (Å²) in [6.45, 7) is 0. The molecule has 0 aromatic rings. The molecule has 0 N–H and O–H groups in total. The Balaban J connectivity index is 2.56. The predicted octanol–water partition coefficient (Wildman–Crippen LogP) is 1.05. The van der Waals surface area contributed by atoms with Gasteiger partial charge in [-0.15, -0.1) is 11.6 Å². The average molecular weight is 183 g/mol. The molecule has 0 bridgehead atoms. The molecule has 0 spiro atoms. The zero-order chi connectivity index (χ0) is 7.61. The number of hydrogen-bond acceptors (Lipinski definition) is 2. The van der Waals surface area contributed by atoms with Gasteiger partial charge in [0.2, 0.25) is 0 Å². The highest BCUT2D eigenvalue weighted by atomic mass is 35.5. The third-order valence-corrected chi connectivity index (χ3v) is 4.10. The third kappa shape index (κ3) is 2.13. The van der Waals surface area contributed by atoms with E-state index < -0.39 is 9.84 Å². The minimum absolute atomic E-state index is 0.209. The molecule has 0 aromatic carbocycles. The first-order valence-corrected chi connectivity index (χ1v) is 5.76. The van der Waals surface area contributed by atoms with Crippen molar-refractivity contribution in [1.29, 1.82) is 0 Å². The third-order valence-electron chi connectivity index (χ3n) is 1.78. The molecule has 1 aliphatic heterocycles. The molecule has 0 saturated carbocycles. The molecule has 0 aliphatic carbocycles. The second-order valence-corrected chi connectivity index (χ2v) is 5.31. The van der Waals surface area contributed by atoms with Crippen LogP contribution in [0.3, 0.4) is 0 Å². The van der Waals surface area contributed by atoms with Crippen LogP contribution in [0.5, 0.6) is 0 Å². The van der Waals surface area contributed by atoms with Gasteiger partial charge in [0.15, 0.2) is 9.84 Å². The van der Waals surface area contributed by atoms with E-state index in [1.165, 1.54) is 0 Å². The summed E-state index contributed by atoms with van der Waals surface area (Å²) in [4.78, 5) is 0. The topological polar surface area (TPSA) is 34.1 Å². The van der Waals surface area contributed by atoms with Crippen LogP contribution in [0.4, 0.5) is 0 Å². The Hall–Kier alpha value is 0.240. The first kappa shape index (κ1) is 8.34. The molecule has 0 amide bonds. The van der Waals surface area contributed by atoms with Crippen LogP contribution in [0.1, 0.15) is 12.8 Å². The van der Waals surface area contributed by atoms with Crippen molar-refractivity contribution in [3.63, 3.8) is 0 Å². The maximum absolute atomic E-state index is 11.0. The van der Waals surface area contributed by atoms with Crippen LogP contribution in [0, 0.1) is 5.92 Å². The maximum Gasteiger partial charge on any atom is 0.150 e. The molecule has 60 valence electrons. The Morgan fingerprint density at radius 3 is 2.60 bits per heavy atom. The summed E-state index contributed by atoms with van der Waals surface area (Å²) in [5.41, 5.74) is 0. The molecule has 1 atom stereocenters. The van der Waals surface area contributed by atoms with Crippen molar-refractivity contribution in [2.75, 3.05) is 17.4 Å². The van der Waals surface area contributed by atoms with Gasteiger partial charge in [-0.05, 0) is 18.8 Å². The van der Waals surface area contributed by atoms with Crippen LogP contribution in [0.15, 0.2) is 0 Å². The molecule has 10 heavy (non-hydrogen) atoms. The van der Waals surface area contributed by atoms with Gasteiger partial charge in [-0.1, -0.05) is 0 Å². The maximum atomic E-state index is 11.0. The van der Waals surface area contributed by atoms with Crippen molar-refractivity contribution in [2.45, 2.75) is 12.8 Å². The minimum Gasteiger partial charge on any atom is -0.229 e. The summed E-state index contributed by atoms with van der Waals surface area (Å²) >= 11 is 5.54. The lowest BCUT2D eigenvalue weighted by atomic mass is 10.1. The Bertz CT molecular complexity index is 198. The van der Waals surface area contributed by atoms with E-state index in [4.69, 9.17) is 11.6 Å². The van der Waals surface area contributed by atoms with Gasteiger partial charge in [-0.3, -0.25) is 0 Å². The summed E-state index contributed by atoms with van der Waals surface area (Å²) in [6, 6.07) is 0. The molecular formula is C6H11ClO2S. The summed E-state index contributed by atoms with van der Waals surface area (Å²) in [7, 11) is -2.73. The van der Waals surface area contributed by atoms with Crippen molar-refractivity contribution in [2.24, 2.45) is 5.92 Å². The standard InChI is InChI=1S/C6H11ClO2S/c7-4-6-2-1-3-10(8,9)5-6/h6H,1-5H2.